The number of carboxylic acid groups (broad SMARTS) is 1. The Kier molecular flexibility index (Phi) is 6.52. The second-order valence-corrected chi connectivity index (χ2v) is 8.11. The molecule has 33 heavy (non-hydrogen) atoms. The molecule has 2 aromatic rings. The van der Waals surface area contributed by atoms with Gasteiger partial charge in [-0.1, -0.05) is 12.1 Å². The van der Waals surface area contributed by atoms with Crippen molar-refractivity contribution < 1.29 is 38.8 Å². The Labute approximate surface area is 190 Å². The highest BCUT2D eigenvalue weighted by Gasteiger charge is 2.30. The zero-order valence-corrected chi connectivity index (χ0v) is 17.9. The maximum Gasteiger partial charge on any atom is 0.491 e. The molecule has 0 radical (unpaired) electrons. The lowest BCUT2D eigenvalue weighted by Gasteiger charge is -2.25. The molecule has 0 aromatic heterocycles. The van der Waals surface area contributed by atoms with E-state index < -0.39 is 44.6 Å². The fourth-order valence-electron chi connectivity index (χ4n) is 3.95. The molecule has 12 heteroatoms. The van der Waals surface area contributed by atoms with Crippen LogP contribution in [0.15, 0.2) is 36.4 Å². The molecule has 0 fully saturated rings. The van der Waals surface area contributed by atoms with Gasteiger partial charge < -0.3 is 34.7 Å². The molecule has 4 N–H and O–H groups in total. The molecular weight excluding hydrogens is 430 g/mol. The van der Waals surface area contributed by atoms with Crippen LogP contribution in [-0.2, 0) is 27.3 Å². The Morgan fingerprint density at radius 1 is 1.00 bits per heavy atom. The van der Waals surface area contributed by atoms with Gasteiger partial charge in [-0.05, 0) is 53.2 Å². The van der Waals surface area contributed by atoms with E-state index in [1.807, 2.05) is 0 Å². The van der Waals surface area contributed by atoms with Crippen molar-refractivity contribution in [3.05, 3.63) is 58.7 Å². The molecule has 0 saturated heterocycles. The summed E-state index contributed by atoms with van der Waals surface area (Å²) in [6.07, 6.45) is 0. The Hall–Kier alpha value is -3.18. The number of carbonyl (C=O) groups excluding carboxylic acids is 2. The summed E-state index contributed by atoms with van der Waals surface area (Å²) in [5, 5.41) is 31.8. The van der Waals surface area contributed by atoms with Gasteiger partial charge in [-0.2, -0.15) is 0 Å². The van der Waals surface area contributed by atoms with E-state index in [0.29, 0.717) is 16.5 Å². The zero-order chi connectivity index (χ0) is 23.7. The third-order valence-electron chi connectivity index (χ3n) is 5.61. The second kappa shape index (κ2) is 9.36. The minimum atomic E-state index is -1.20. The van der Waals surface area contributed by atoms with Crippen LogP contribution in [0.4, 0.5) is 0 Å². The number of nitrogens with zero attached hydrogens (tertiary/aromatic N) is 1. The molecule has 4 rings (SSSR count). The maximum absolute atomic E-state index is 13.0. The molecule has 2 aliphatic rings. The number of aliphatic carboxylic acids is 1. The number of nitrogens with one attached hydrogen (secondary N) is 1. The van der Waals surface area contributed by atoms with E-state index in [-0.39, 0.29) is 25.3 Å². The smallest absolute Gasteiger partial charge is 0.480 e. The molecule has 10 nitrogen and oxygen atoms in total. The van der Waals surface area contributed by atoms with Crippen LogP contribution < -0.4 is 16.2 Å². The molecule has 0 aliphatic carbocycles. The fourth-order valence-corrected chi connectivity index (χ4v) is 3.95. The lowest BCUT2D eigenvalue weighted by Crippen LogP contribution is -2.46. The van der Waals surface area contributed by atoms with Crippen LogP contribution in [0.25, 0.3) is 0 Å². The van der Waals surface area contributed by atoms with Crippen molar-refractivity contribution in [2.24, 2.45) is 0 Å². The van der Waals surface area contributed by atoms with Crippen molar-refractivity contribution in [3.63, 3.8) is 0 Å². The summed E-state index contributed by atoms with van der Waals surface area (Å²) in [6, 6.07) is 9.00. The normalized spacial score (nSPS) is 15.1. The van der Waals surface area contributed by atoms with Crippen LogP contribution >= 0.6 is 0 Å². The molecule has 2 aromatic carbocycles. The average Bonchev–Trinajstić information content (AvgIpc) is 3.34. The van der Waals surface area contributed by atoms with Crippen LogP contribution in [0, 0.1) is 0 Å². The van der Waals surface area contributed by atoms with Gasteiger partial charge in [0.2, 0.25) is 0 Å². The predicted molar refractivity (Wildman–Crippen MR) is 118 cm³/mol. The third-order valence-corrected chi connectivity index (χ3v) is 5.61. The Balaban J connectivity index is 1.45. The van der Waals surface area contributed by atoms with Crippen molar-refractivity contribution >= 4 is 42.9 Å². The Bertz CT molecular complexity index is 1110. The monoisotopic (exact) mass is 452 g/mol. The van der Waals surface area contributed by atoms with Gasteiger partial charge in [-0.25, -0.2) is 0 Å². The van der Waals surface area contributed by atoms with E-state index in [0.717, 1.165) is 16.0 Å². The number of hydrogen-bond acceptors (Lipinski definition) is 7. The van der Waals surface area contributed by atoms with Gasteiger partial charge >= 0.3 is 20.2 Å². The minimum Gasteiger partial charge on any atom is -0.480 e. The maximum atomic E-state index is 13.0. The number of fused-ring (bicyclic) bond motifs is 2. The first-order valence-corrected chi connectivity index (χ1v) is 10.4. The molecule has 170 valence electrons. The minimum absolute atomic E-state index is 0.0519. The van der Waals surface area contributed by atoms with E-state index in [9.17, 15) is 29.5 Å². The van der Waals surface area contributed by atoms with Crippen molar-refractivity contribution in [1.29, 1.82) is 0 Å². The lowest BCUT2D eigenvalue weighted by atomic mass is 9.78. The van der Waals surface area contributed by atoms with Gasteiger partial charge in [0, 0.05) is 23.7 Å². The first kappa shape index (κ1) is 23.0. The highest BCUT2D eigenvalue weighted by atomic mass is 16.5. The zero-order valence-electron chi connectivity index (χ0n) is 17.9. The molecule has 0 spiro atoms. The Morgan fingerprint density at radius 3 is 2.12 bits per heavy atom. The van der Waals surface area contributed by atoms with Crippen LogP contribution in [0.1, 0.15) is 38.8 Å². The second-order valence-electron chi connectivity index (χ2n) is 8.11. The van der Waals surface area contributed by atoms with Crippen LogP contribution in [-0.4, -0.2) is 71.2 Å². The molecule has 2 aliphatic heterocycles. The predicted octanol–water partition coefficient (Wildman–Crippen LogP) is -1.53. The van der Waals surface area contributed by atoms with E-state index in [4.69, 9.17) is 9.31 Å². The third kappa shape index (κ3) is 4.93. The quantitative estimate of drug-likeness (QED) is 0.371. The van der Waals surface area contributed by atoms with Crippen molar-refractivity contribution in [3.8, 4) is 0 Å². The summed E-state index contributed by atoms with van der Waals surface area (Å²) in [4.78, 5) is 38.2. The van der Waals surface area contributed by atoms with E-state index in [1.54, 1.807) is 37.3 Å². The number of amides is 2. The molecule has 1 atom stereocenters. The molecular formula is C21H22B2N2O8. The van der Waals surface area contributed by atoms with Gasteiger partial charge in [0.05, 0.1) is 13.2 Å². The number of carbonyl (C=O) groups is 3. The largest absolute Gasteiger partial charge is 0.491 e. The average molecular weight is 452 g/mol. The standard InChI is InChI=1S/C21H22B2N2O8/c1-12(24-20(28)13-2-4-15-10-32-22(30)17(15)6-13)8-25(9-19(26)27)21(29)14-3-5-16-11-33-23(31)18(16)7-14/h2-7,12,30-31H,8-11H2,1H3,(H,24,28)(H,26,27)/t12-/m0/s1. The van der Waals surface area contributed by atoms with Crippen molar-refractivity contribution in [2.45, 2.75) is 26.2 Å². The van der Waals surface area contributed by atoms with Gasteiger partial charge in [-0.15, -0.1) is 0 Å². The summed E-state index contributed by atoms with van der Waals surface area (Å²) in [5.41, 5.74) is 3.09. The summed E-state index contributed by atoms with van der Waals surface area (Å²) < 4.78 is 10.3. The number of carboxylic acids is 1. The van der Waals surface area contributed by atoms with Crippen LogP contribution in [0.5, 0.6) is 0 Å². The van der Waals surface area contributed by atoms with Gasteiger partial charge in [-0.3, -0.25) is 14.4 Å². The van der Waals surface area contributed by atoms with Crippen LogP contribution in [0.3, 0.4) is 0 Å². The number of benzene rings is 2. The summed E-state index contributed by atoms with van der Waals surface area (Å²) >= 11 is 0. The van der Waals surface area contributed by atoms with E-state index in [2.05, 4.69) is 5.32 Å². The Morgan fingerprint density at radius 2 is 1.55 bits per heavy atom. The molecule has 0 saturated carbocycles. The van der Waals surface area contributed by atoms with Crippen molar-refractivity contribution in [1.82, 2.24) is 10.2 Å². The summed E-state index contributed by atoms with van der Waals surface area (Å²) in [6.45, 7) is 1.55. The lowest BCUT2D eigenvalue weighted by molar-refractivity contribution is -0.137. The molecule has 0 bridgehead atoms. The van der Waals surface area contributed by atoms with Gasteiger partial charge in [0.1, 0.15) is 6.54 Å². The molecule has 2 amide bonds. The SMILES string of the molecule is C[C@@H](CN(CC(=O)O)C(=O)c1ccc2c(c1)B(O)OC2)NC(=O)c1ccc2c(c1)B(O)OC2. The van der Waals surface area contributed by atoms with Crippen LogP contribution in [0.2, 0.25) is 0 Å². The number of hydrogen-bond donors (Lipinski definition) is 4. The summed E-state index contributed by atoms with van der Waals surface area (Å²) in [5.74, 6) is -2.16. The van der Waals surface area contributed by atoms with Gasteiger partial charge in [0.25, 0.3) is 11.8 Å². The fraction of sp³-hybridized carbons (Fsp3) is 0.286. The number of rotatable bonds is 7. The van der Waals surface area contributed by atoms with E-state index in [1.165, 1.54) is 6.07 Å². The topological polar surface area (TPSA) is 146 Å². The summed E-state index contributed by atoms with van der Waals surface area (Å²) in [7, 11) is -2.21. The molecule has 2 heterocycles. The highest BCUT2D eigenvalue weighted by Crippen LogP contribution is 2.14. The van der Waals surface area contributed by atoms with Gasteiger partial charge in [0.15, 0.2) is 0 Å². The van der Waals surface area contributed by atoms with E-state index >= 15 is 0 Å². The first-order valence-electron chi connectivity index (χ1n) is 10.4. The highest BCUT2D eigenvalue weighted by molar-refractivity contribution is 6.62. The molecule has 0 unspecified atom stereocenters. The first-order chi connectivity index (χ1) is 15.7. The van der Waals surface area contributed by atoms with Crippen molar-refractivity contribution in [2.75, 3.05) is 13.1 Å².